The minimum absolute atomic E-state index is 0.0272. The fraction of sp³-hybridized carbons (Fsp3) is 0.304. The van der Waals surface area contributed by atoms with Crippen LogP contribution in [0.5, 0.6) is 5.75 Å². The van der Waals surface area contributed by atoms with E-state index in [0.717, 1.165) is 11.1 Å². The average molecular weight is 452 g/mol. The highest BCUT2D eigenvalue weighted by Gasteiger charge is 2.21. The van der Waals surface area contributed by atoms with Gasteiger partial charge in [-0.15, -0.1) is 0 Å². The van der Waals surface area contributed by atoms with Crippen LogP contribution in [-0.2, 0) is 18.3 Å². The number of nitrogens with one attached hydrogen (secondary N) is 1. The van der Waals surface area contributed by atoms with Gasteiger partial charge in [-0.25, -0.2) is 18.7 Å². The van der Waals surface area contributed by atoms with Gasteiger partial charge in [0.15, 0.2) is 11.6 Å². The van der Waals surface area contributed by atoms with Gasteiger partial charge in [-0.2, -0.15) is 10.2 Å². The van der Waals surface area contributed by atoms with Crippen LogP contribution in [-0.4, -0.2) is 43.2 Å². The summed E-state index contributed by atoms with van der Waals surface area (Å²) in [6.07, 6.45) is 6.25. The van der Waals surface area contributed by atoms with Crippen molar-refractivity contribution in [3.05, 3.63) is 54.5 Å². The first-order chi connectivity index (χ1) is 15.7. The normalized spacial score (nSPS) is 11.6. The first-order valence-electron chi connectivity index (χ1n) is 10.3. The van der Waals surface area contributed by atoms with E-state index in [2.05, 4.69) is 20.5 Å². The van der Waals surface area contributed by atoms with Crippen LogP contribution in [0, 0.1) is 5.82 Å². The Morgan fingerprint density at radius 1 is 1.18 bits per heavy atom. The lowest BCUT2D eigenvalue weighted by molar-refractivity contribution is 0.0523. The number of rotatable bonds is 5. The molecule has 33 heavy (non-hydrogen) atoms. The summed E-state index contributed by atoms with van der Waals surface area (Å²) >= 11 is 0. The molecule has 0 aliphatic carbocycles. The van der Waals surface area contributed by atoms with Gasteiger partial charge in [0.25, 0.3) is 0 Å². The summed E-state index contributed by atoms with van der Waals surface area (Å²) in [4.78, 5) is 16.3. The first kappa shape index (κ1) is 22.3. The molecule has 4 aromatic rings. The smallest absolute Gasteiger partial charge is 0.407 e. The largest absolute Gasteiger partial charge is 0.493 e. The number of aryl methyl sites for hydroxylation is 1. The van der Waals surface area contributed by atoms with E-state index in [1.807, 2.05) is 25.5 Å². The molecule has 3 heterocycles. The summed E-state index contributed by atoms with van der Waals surface area (Å²) in [7, 11) is 3.22. The van der Waals surface area contributed by atoms with E-state index in [4.69, 9.17) is 9.47 Å². The van der Waals surface area contributed by atoms with Crippen LogP contribution in [0.3, 0.4) is 0 Å². The van der Waals surface area contributed by atoms with E-state index >= 15 is 4.39 Å². The van der Waals surface area contributed by atoms with Crippen LogP contribution in [0.1, 0.15) is 26.3 Å². The molecule has 0 fully saturated rings. The minimum atomic E-state index is -0.631. The van der Waals surface area contributed by atoms with Crippen LogP contribution in [0.25, 0.3) is 27.9 Å². The average Bonchev–Trinajstić information content (AvgIpc) is 3.37. The van der Waals surface area contributed by atoms with Crippen molar-refractivity contribution < 1.29 is 18.7 Å². The molecule has 0 aliphatic heterocycles. The molecule has 172 valence electrons. The summed E-state index contributed by atoms with van der Waals surface area (Å²) in [5.74, 6) is -0.551. The van der Waals surface area contributed by atoms with Crippen LogP contribution in [0.15, 0.2) is 43.1 Å². The quantitative estimate of drug-likeness (QED) is 0.492. The Hall–Kier alpha value is -3.95. The third kappa shape index (κ3) is 4.64. The van der Waals surface area contributed by atoms with Gasteiger partial charge in [-0.3, -0.25) is 4.68 Å². The third-order valence-corrected chi connectivity index (χ3v) is 4.90. The highest BCUT2D eigenvalue weighted by Crippen LogP contribution is 2.34. The summed E-state index contributed by atoms with van der Waals surface area (Å²) in [6.45, 7) is 5.35. The lowest BCUT2D eigenvalue weighted by Crippen LogP contribution is -2.32. The number of ether oxygens (including phenoxy) is 2. The van der Waals surface area contributed by atoms with E-state index in [0.29, 0.717) is 16.8 Å². The zero-order valence-corrected chi connectivity index (χ0v) is 19.1. The minimum Gasteiger partial charge on any atom is -0.493 e. The zero-order chi connectivity index (χ0) is 23.8. The monoisotopic (exact) mass is 452 g/mol. The Morgan fingerprint density at radius 3 is 2.64 bits per heavy atom. The predicted octanol–water partition coefficient (Wildman–Crippen LogP) is 3.97. The molecular formula is C23H25FN6O3. The van der Waals surface area contributed by atoms with Gasteiger partial charge in [0.2, 0.25) is 0 Å². The molecule has 0 unspecified atom stereocenters. The zero-order valence-electron chi connectivity index (χ0n) is 19.1. The number of methoxy groups -OCH3 is 1. The maximum atomic E-state index is 15.5. The molecule has 4 rings (SSSR count). The molecule has 0 atom stereocenters. The van der Waals surface area contributed by atoms with Crippen LogP contribution in [0.2, 0.25) is 0 Å². The summed E-state index contributed by atoms with van der Waals surface area (Å²) in [5, 5.41) is 11.1. The molecule has 1 aromatic carbocycles. The lowest BCUT2D eigenvalue weighted by atomic mass is 10.1. The molecule has 0 radical (unpaired) electrons. The number of fused-ring (bicyclic) bond motifs is 1. The van der Waals surface area contributed by atoms with Gasteiger partial charge in [0, 0.05) is 48.2 Å². The van der Waals surface area contributed by atoms with Gasteiger partial charge in [-0.1, -0.05) is 6.07 Å². The van der Waals surface area contributed by atoms with Crippen LogP contribution < -0.4 is 10.1 Å². The van der Waals surface area contributed by atoms with Crippen molar-refractivity contribution in [1.29, 1.82) is 0 Å². The van der Waals surface area contributed by atoms with E-state index in [1.54, 1.807) is 48.3 Å². The molecule has 9 nitrogen and oxygen atoms in total. The number of benzene rings is 1. The molecule has 0 bridgehead atoms. The Balaban J connectivity index is 1.68. The SMILES string of the molecule is COc1c(CNC(=O)OC(C)(C)C)ccc(-c2ncnn3cc(-c4cnn(C)c4)cc23)c1F. The number of alkyl carbamates (subject to hydrolysis) is 1. The number of hydrogen-bond donors (Lipinski definition) is 1. The number of nitrogens with zero attached hydrogens (tertiary/aromatic N) is 5. The summed E-state index contributed by atoms with van der Waals surface area (Å²) < 4.78 is 29.4. The van der Waals surface area contributed by atoms with E-state index in [-0.39, 0.29) is 17.9 Å². The number of aromatic nitrogens is 5. The standard InChI is InChI=1S/C23H25FN6O3/c1-23(2,3)33-22(31)25-9-14-6-7-17(19(24)21(14)32-5)20-18-8-15(12-30(18)28-13-26-20)16-10-27-29(4)11-16/h6-8,10-13H,9H2,1-5H3,(H,25,31). The molecule has 1 N–H and O–H groups in total. The van der Waals surface area contributed by atoms with Crippen molar-refractivity contribution in [2.45, 2.75) is 32.9 Å². The molecule has 1 amide bonds. The van der Waals surface area contributed by atoms with Gasteiger partial charge in [0.1, 0.15) is 17.6 Å². The fourth-order valence-electron chi connectivity index (χ4n) is 3.49. The van der Waals surface area contributed by atoms with Crippen molar-refractivity contribution in [2.24, 2.45) is 7.05 Å². The highest BCUT2D eigenvalue weighted by molar-refractivity contribution is 5.82. The number of carbonyl (C=O) groups is 1. The van der Waals surface area contributed by atoms with Gasteiger partial charge < -0.3 is 14.8 Å². The highest BCUT2D eigenvalue weighted by atomic mass is 19.1. The molecule has 0 spiro atoms. The Labute approximate surface area is 190 Å². The van der Waals surface area contributed by atoms with Crippen molar-refractivity contribution in [2.75, 3.05) is 7.11 Å². The van der Waals surface area contributed by atoms with Gasteiger partial charge in [-0.05, 0) is 32.9 Å². The Bertz CT molecular complexity index is 1320. The second kappa shape index (κ2) is 8.53. The van der Waals surface area contributed by atoms with Crippen LogP contribution in [0.4, 0.5) is 9.18 Å². The number of hydrogen-bond acceptors (Lipinski definition) is 6. The Kier molecular flexibility index (Phi) is 5.75. The first-order valence-corrected chi connectivity index (χ1v) is 10.3. The van der Waals surface area contributed by atoms with Crippen molar-refractivity contribution >= 4 is 11.6 Å². The molecule has 0 saturated heterocycles. The second-order valence-corrected chi connectivity index (χ2v) is 8.54. The van der Waals surface area contributed by atoms with Gasteiger partial charge in [0.05, 0.1) is 18.8 Å². The van der Waals surface area contributed by atoms with Gasteiger partial charge >= 0.3 is 6.09 Å². The second-order valence-electron chi connectivity index (χ2n) is 8.54. The lowest BCUT2D eigenvalue weighted by Gasteiger charge is -2.20. The number of halogens is 1. The fourth-order valence-corrected chi connectivity index (χ4v) is 3.49. The summed E-state index contributed by atoms with van der Waals surface area (Å²) in [6, 6.07) is 5.19. The summed E-state index contributed by atoms with van der Waals surface area (Å²) in [5.41, 5.74) is 2.95. The van der Waals surface area contributed by atoms with Crippen molar-refractivity contribution in [3.63, 3.8) is 0 Å². The van der Waals surface area contributed by atoms with Crippen LogP contribution >= 0.6 is 0 Å². The number of carbonyl (C=O) groups excluding carboxylic acids is 1. The molecule has 0 saturated carbocycles. The third-order valence-electron chi connectivity index (χ3n) is 4.90. The maximum absolute atomic E-state index is 15.5. The predicted molar refractivity (Wildman–Crippen MR) is 120 cm³/mol. The molecular weight excluding hydrogens is 427 g/mol. The number of amides is 1. The Morgan fingerprint density at radius 2 is 1.97 bits per heavy atom. The molecule has 10 heteroatoms. The van der Waals surface area contributed by atoms with Crippen molar-refractivity contribution in [3.8, 4) is 28.1 Å². The van der Waals surface area contributed by atoms with E-state index in [9.17, 15) is 4.79 Å². The topological polar surface area (TPSA) is 95.6 Å². The van der Waals surface area contributed by atoms with E-state index in [1.165, 1.54) is 13.4 Å². The molecule has 0 aliphatic rings. The maximum Gasteiger partial charge on any atom is 0.407 e. The van der Waals surface area contributed by atoms with Crippen molar-refractivity contribution in [1.82, 2.24) is 29.7 Å². The van der Waals surface area contributed by atoms with E-state index < -0.39 is 17.5 Å². The molecule has 3 aromatic heterocycles.